The summed E-state index contributed by atoms with van der Waals surface area (Å²) in [5, 5.41) is 35.1. The third kappa shape index (κ3) is 3.32. The highest BCUT2D eigenvalue weighted by Crippen LogP contribution is 2.41. The summed E-state index contributed by atoms with van der Waals surface area (Å²) in [6, 6.07) is 15.3. The molecule has 0 amide bonds. The molecule has 1 aliphatic rings. The van der Waals surface area contributed by atoms with E-state index >= 15 is 0 Å². The van der Waals surface area contributed by atoms with E-state index in [-0.39, 0.29) is 6.61 Å². The minimum atomic E-state index is -0.458. The Balaban J connectivity index is 1.75. The molecule has 7 nitrogen and oxygen atoms in total. The van der Waals surface area contributed by atoms with Gasteiger partial charge in [-0.2, -0.15) is 10.5 Å². The number of nitriles is 2. The Bertz CT molecular complexity index is 1220. The number of fused-ring (bicyclic) bond motifs is 1. The molecule has 1 atom stereocenters. The largest absolute Gasteiger partial charge is 0.395 e. The molecule has 0 unspecified atom stereocenters. The number of rotatable bonds is 4. The lowest BCUT2D eigenvalue weighted by Gasteiger charge is -2.21. The van der Waals surface area contributed by atoms with Crippen molar-refractivity contribution in [3.05, 3.63) is 64.8 Å². The zero-order valence-corrected chi connectivity index (χ0v) is 16.7. The van der Waals surface area contributed by atoms with Crippen LogP contribution in [0.4, 0.5) is 17.3 Å². The molecule has 0 aliphatic carbocycles. The maximum absolute atomic E-state index is 9.89. The van der Waals surface area contributed by atoms with Crippen LogP contribution < -0.4 is 10.6 Å². The number of nitrogens with one attached hydrogen (secondary N) is 2. The van der Waals surface area contributed by atoms with Gasteiger partial charge in [0.1, 0.15) is 6.07 Å². The lowest BCUT2D eigenvalue weighted by Crippen LogP contribution is -2.28. The van der Waals surface area contributed by atoms with Gasteiger partial charge < -0.3 is 15.7 Å². The summed E-state index contributed by atoms with van der Waals surface area (Å²) in [7, 11) is 0. The van der Waals surface area contributed by atoms with E-state index in [1.54, 1.807) is 30.5 Å². The number of benzene rings is 2. The fraction of sp³-hybridized carbons (Fsp3) is 0.217. The van der Waals surface area contributed by atoms with Crippen LogP contribution in [-0.2, 0) is 5.41 Å². The second-order valence-electron chi connectivity index (χ2n) is 7.66. The Labute approximate surface area is 174 Å². The maximum Gasteiger partial charge on any atom is 0.227 e. The molecule has 2 aromatic carbocycles. The van der Waals surface area contributed by atoms with Crippen LogP contribution in [0, 0.1) is 29.6 Å². The van der Waals surface area contributed by atoms with E-state index in [4.69, 9.17) is 5.26 Å². The molecule has 0 saturated heterocycles. The van der Waals surface area contributed by atoms with E-state index in [9.17, 15) is 10.4 Å². The second kappa shape index (κ2) is 7.47. The summed E-state index contributed by atoms with van der Waals surface area (Å²) in [6.45, 7) is 4.46. The normalized spacial score (nSPS) is 16.8. The molecule has 0 saturated carbocycles. The van der Waals surface area contributed by atoms with E-state index in [0.29, 0.717) is 29.3 Å². The van der Waals surface area contributed by atoms with Crippen LogP contribution in [0.3, 0.4) is 0 Å². The Hall–Kier alpha value is -3.94. The van der Waals surface area contributed by atoms with Crippen LogP contribution >= 0.6 is 0 Å². The first-order valence-corrected chi connectivity index (χ1v) is 9.52. The third-order valence-electron chi connectivity index (χ3n) is 5.48. The van der Waals surface area contributed by atoms with E-state index in [1.165, 1.54) is 0 Å². The van der Waals surface area contributed by atoms with Gasteiger partial charge in [-0.1, -0.05) is 13.0 Å². The van der Waals surface area contributed by atoms with Gasteiger partial charge in [0.2, 0.25) is 5.95 Å². The van der Waals surface area contributed by atoms with Gasteiger partial charge >= 0.3 is 0 Å². The quantitative estimate of drug-likeness (QED) is 0.616. The lowest BCUT2D eigenvalue weighted by atomic mass is 9.83. The number of aliphatic hydroxyl groups excluding tert-OH is 1. The van der Waals surface area contributed by atoms with E-state index in [1.807, 2.05) is 26.0 Å². The standard InChI is InChI=1S/C23H20N6O/c1-14-3-4-15(10-24)7-20(14)29-22-26-6-5-19(28-22)16-8-17(11-25)21-18(9-16)23(2,13-30)12-27-21/h3-9,27,30H,12-13H2,1-2H3,(H,26,28,29)/t23-/m1/s1. The lowest BCUT2D eigenvalue weighted by molar-refractivity contribution is 0.219. The van der Waals surface area contributed by atoms with Crippen LogP contribution in [-0.4, -0.2) is 28.2 Å². The highest BCUT2D eigenvalue weighted by molar-refractivity contribution is 5.76. The van der Waals surface area contributed by atoms with Gasteiger partial charge in [0.25, 0.3) is 0 Å². The molecule has 7 heteroatoms. The smallest absolute Gasteiger partial charge is 0.227 e. The third-order valence-corrected chi connectivity index (χ3v) is 5.48. The fourth-order valence-electron chi connectivity index (χ4n) is 3.59. The number of hydrogen-bond donors (Lipinski definition) is 3. The number of nitrogens with zero attached hydrogens (tertiary/aromatic N) is 4. The fourth-order valence-corrected chi connectivity index (χ4v) is 3.59. The van der Waals surface area contributed by atoms with Gasteiger partial charge in [-0.15, -0.1) is 0 Å². The summed E-state index contributed by atoms with van der Waals surface area (Å²) < 4.78 is 0. The molecule has 148 valence electrons. The van der Waals surface area contributed by atoms with Crippen LogP contribution in [0.1, 0.15) is 29.2 Å². The highest BCUT2D eigenvalue weighted by atomic mass is 16.3. The minimum absolute atomic E-state index is 0.0214. The Morgan fingerprint density at radius 3 is 2.77 bits per heavy atom. The van der Waals surface area contributed by atoms with Crippen molar-refractivity contribution in [2.75, 3.05) is 23.8 Å². The molecule has 0 radical (unpaired) electrons. The van der Waals surface area contributed by atoms with Crippen molar-refractivity contribution in [1.29, 1.82) is 10.5 Å². The first-order valence-electron chi connectivity index (χ1n) is 9.52. The average molecular weight is 396 g/mol. The van der Waals surface area contributed by atoms with Crippen molar-refractivity contribution in [1.82, 2.24) is 9.97 Å². The first kappa shape index (κ1) is 19.4. The summed E-state index contributed by atoms with van der Waals surface area (Å²) >= 11 is 0. The number of aromatic nitrogens is 2. The monoisotopic (exact) mass is 396 g/mol. The van der Waals surface area contributed by atoms with E-state index < -0.39 is 5.41 Å². The minimum Gasteiger partial charge on any atom is -0.395 e. The summed E-state index contributed by atoms with van der Waals surface area (Å²) in [5.74, 6) is 0.396. The van der Waals surface area contributed by atoms with Gasteiger partial charge in [-0.25, -0.2) is 9.97 Å². The molecule has 30 heavy (non-hydrogen) atoms. The van der Waals surface area contributed by atoms with Gasteiger partial charge in [0, 0.05) is 29.4 Å². The van der Waals surface area contributed by atoms with Crippen molar-refractivity contribution >= 4 is 17.3 Å². The summed E-state index contributed by atoms with van der Waals surface area (Å²) in [4.78, 5) is 8.91. The van der Waals surface area contributed by atoms with Gasteiger partial charge in [0.15, 0.2) is 0 Å². The summed E-state index contributed by atoms with van der Waals surface area (Å²) in [5.41, 5.74) is 5.46. The van der Waals surface area contributed by atoms with Crippen molar-refractivity contribution in [2.45, 2.75) is 19.3 Å². The number of hydrogen-bond acceptors (Lipinski definition) is 7. The second-order valence-corrected chi connectivity index (χ2v) is 7.66. The van der Waals surface area contributed by atoms with Gasteiger partial charge in [-0.3, -0.25) is 0 Å². The van der Waals surface area contributed by atoms with Gasteiger partial charge in [-0.05, 0) is 48.4 Å². The Kier molecular flexibility index (Phi) is 4.83. The molecule has 0 bridgehead atoms. The number of aliphatic hydroxyl groups is 1. The molecule has 4 rings (SSSR count). The predicted molar refractivity (Wildman–Crippen MR) is 114 cm³/mol. The SMILES string of the molecule is Cc1ccc(C#N)cc1Nc1nccc(-c2cc(C#N)c3c(c2)[C@@](C)(CO)CN3)n1. The van der Waals surface area contributed by atoms with Crippen LogP contribution in [0.15, 0.2) is 42.6 Å². The molecule has 2 heterocycles. The summed E-state index contributed by atoms with van der Waals surface area (Å²) in [6.07, 6.45) is 1.65. The number of aryl methyl sites for hydroxylation is 1. The van der Waals surface area contributed by atoms with Crippen molar-refractivity contribution in [3.8, 4) is 23.4 Å². The zero-order valence-electron chi connectivity index (χ0n) is 16.7. The highest BCUT2D eigenvalue weighted by Gasteiger charge is 2.35. The predicted octanol–water partition coefficient (Wildman–Crippen LogP) is 3.61. The molecule has 1 aliphatic heterocycles. The number of anilines is 3. The zero-order chi connectivity index (χ0) is 21.3. The van der Waals surface area contributed by atoms with Crippen LogP contribution in [0.25, 0.3) is 11.3 Å². The molecular formula is C23H20N6O. The Morgan fingerprint density at radius 2 is 2.03 bits per heavy atom. The molecule has 0 spiro atoms. The van der Waals surface area contributed by atoms with Crippen molar-refractivity contribution < 1.29 is 5.11 Å². The molecular weight excluding hydrogens is 376 g/mol. The topological polar surface area (TPSA) is 118 Å². The maximum atomic E-state index is 9.89. The van der Waals surface area contributed by atoms with Crippen molar-refractivity contribution in [3.63, 3.8) is 0 Å². The molecule has 3 N–H and O–H groups in total. The first-order chi connectivity index (χ1) is 14.5. The molecule has 0 fully saturated rings. The Morgan fingerprint density at radius 1 is 1.20 bits per heavy atom. The average Bonchev–Trinajstić information content (AvgIpc) is 3.12. The van der Waals surface area contributed by atoms with Crippen molar-refractivity contribution in [2.24, 2.45) is 0 Å². The van der Waals surface area contributed by atoms with E-state index in [0.717, 1.165) is 28.1 Å². The van der Waals surface area contributed by atoms with Gasteiger partial charge in [0.05, 0.1) is 35.2 Å². The molecule has 1 aromatic heterocycles. The van der Waals surface area contributed by atoms with E-state index in [2.05, 4.69) is 32.7 Å². The molecule has 3 aromatic rings. The van der Waals surface area contributed by atoms with Crippen LogP contribution in [0.5, 0.6) is 0 Å². The van der Waals surface area contributed by atoms with Crippen LogP contribution in [0.2, 0.25) is 0 Å².